The van der Waals surface area contributed by atoms with E-state index in [9.17, 15) is 9.59 Å². The molecule has 1 saturated heterocycles. The number of piperidine rings is 1. The van der Waals surface area contributed by atoms with Crippen molar-refractivity contribution in [2.45, 2.75) is 30.4 Å². The van der Waals surface area contributed by atoms with Gasteiger partial charge in [-0.05, 0) is 56.2 Å². The average molecular weight is 451 g/mol. The Kier molecular flexibility index (Phi) is 6.95. The highest BCUT2D eigenvalue weighted by Crippen LogP contribution is 2.29. The third-order valence-corrected chi connectivity index (χ3v) is 6.79. The van der Waals surface area contributed by atoms with Crippen molar-refractivity contribution in [3.8, 4) is 5.75 Å². The maximum absolute atomic E-state index is 13.2. The maximum atomic E-state index is 13.2. The molecule has 0 aliphatic carbocycles. The second kappa shape index (κ2) is 10.0. The van der Waals surface area contributed by atoms with Crippen molar-refractivity contribution in [2.75, 3.05) is 20.2 Å². The van der Waals surface area contributed by atoms with Crippen molar-refractivity contribution >= 4 is 23.5 Å². The maximum Gasteiger partial charge on any atom is 0.254 e. The van der Waals surface area contributed by atoms with Gasteiger partial charge in [-0.15, -0.1) is 11.8 Å². The van der Waals surface area contributed by atoms with Crippen molar-refractivity contribution in [1.82, 2.24) is 10.1 Å². The number of carbonyl (C=O) groups excluding carboxylic acids is 2. The van der Waals surface area contributed by atoms with Crippen LogP contribution in [-0.4, -0.2) is 41.9 Å². The molecule has 2 aromatic carbocycles. The first-order chi connectivity index (χ1) is 15.5. The first-order valence-corrected chi connectivity index (χ1v) is 11.7. The Labute approximate surface area is 191 Å². The second-order valence-corrected chi connectivity index (χ2v) is 8.90. The number of aryl methyl sites for hydroxylation is 1. The van der Waals surface area contributed by atoms with E-state index < -0.39 is 0 Å². The lowest BCUT2D eigenvalue weighted by Gasteiger charge is -2.31. The molecule has 1 amide bonds. The number of carbonyl (C=O) groups is 2. The molecule has 1 fully saturated rings. The number of methoxy groups -OCH3 is 1. The first-order valence-electron chi connectivity index (χ1n) is 10.7. The number of ketones is 1. The van der Waals surface area contributed by atoms with Crippen molar-refractivity contribution in [3.63, 3.8) is 0 Å². The predicted molar refractivity (Wildman–Crippen MR) is 123 cm³/mol. The van der Waals surface area contributed by atoms with Gasteiger partial charge in [0.05, 0.1) is 24.1 Å². The molecule has 1 aliphatic heterocycles. The van der Waals surface area contributed by atoms with Gasteiger partial charge in [-0.25, -0.2) is 0 Å². The highest BCUT2D eigenvalue weighted by Gasteiger charge is 2.29. The summed E-state index contributed by atoms with van der Waals surface area (Å²) in [6.45, 7) is 3.04. The van der Waals surface area contributed by atoms with Gasteiger partial charge in [-0.3, -0.25) is 9.59 Å². The van der Waals surface area contributed by atoms with Crippen LogP contribution in [0.1, 0.15) is 45.0 Å². The van der Waals surface area contributed by atoms with Crippen molar-refractivity contribution in [2.24, 2.45) is 5.92 Å². The molecule has 0 N–H and O–H groups in total. The standard InChI is InChI=1S/C25H26N2O4S/c1-17-15-21(31-26-17)16-32-23-6-4-3-5-22(23)25(29)27-13-11-19(12-14-27)24(28)18-7-9-20(30-2)10-8-18/h3-10,15,19H,11-14,16H2,1-2H3. The molecule has 32 heavy (non-hydrogen) atoms. The van der Waals surface area contributed by atoms with E-state index in [1.807, 2.05) is 54.3 Å². The summed E-state index contributed by atoms with van der Waals surface area (Å²) in [5, 5.41) is 3.91. The zero-order chi connectivity index (χ0) is 22.5. The topological polar surface area (TPSA) is 72.6 Å². The van der Waals surface area contributed by atoms with E-state index in [4.69, 9.17) is 9.26 Å². The zero-order valence-electron chi connectivity index (χ0n) is 18.2. The number of Topliss-reactive ketones (excluding diaryl/α,β-unsaturated/α-hetero) is 1. The summed E-state index contributed by atoms with van der Waals surface area (Å²) >= 11 is 1.57. The van der Waals surface area contributed by atoms with Crippen LogP contribution in [0.25, 0.3) is 0 Å². The smallest absolute Gasteiger partial charge is 0.254 e. The SMILES string of the molecule is COc1ccc(C(=O)C2CCN(C(=O)c3ccccc3SCc3cc(C)no3)CC2)cc1. The molecule has 1 aromatic heterocycles. The minimum absolute atomic E-state index is 0.0113. The molecular formula is C25H26N2O4S. The lowest BCUT2D eigenvalue weighted by molar-refractivity contribution is 0.0647. The third kappa shape index (κ3) is 5.05. The Morgan fingerprint density at radius 3 is 2.50 bits per heavy atom. The predicted octanol–water partition coefficient (Wildman–Crippen LogP) is 5.02. The summed E-state index contributed by atoms with van der Waals surface area (Å²) in [4.78, 5) is 28.9. The number of ether oxygens (including phenoxy) is 1. The Balaban J connectivity index is 1.37. The van der Waals surface area contributed by atoms with Crippen LogP contribution in [0.4, 0.5) is 0 Å². The Bertz CT molecular complexity index is 1090. The van der Waals surface area contributed by atoms with Crippen LogP contribution in [0, 0.1) is 12.8 Å². The van der Waals surface area contributed by atoms with Gasteiger partial charge in [-0.2, -0.15) is 0 Å². The minimum atomic E-state index is -0.0632. The van der Waals surface area contributed by atoms with Crippen LogP contribution >= 0.6 is 11.8 Å². The van der Waals surface area contributed by atoms with Gasteiger partial charge in [0.1, 0.15) is 11.5 Å². The monoisotopic (exact) mass is 450 g/mol. The molecule has 0 radical (unpaired) electrons. The normalized spacial score (nSPS) is 14.4. The van der Waals surface area contributed by atoms with Gasteiger partial charge in [0.2, 0.25) is 0 Å². The molecule has 0 spiro atoms. The summed E-state index contributed by atoms with van der Waals surface area (Å²) in [6, 6.07) is 16.8. The first kappa shape index (κ1) is 22.1. The molecule has 0 bridgehead atoms. The fourth-order valence-electron chi connectivity index (χ4n) is 3.91. The molecular weight excluding hydrogens is 424 g/mol. The third-order valence-electron chi connectivity index (χ3n) is 5.69. The van der Waals surface area contributed by atoms with Crippen LogP contribution < -0.4 is 4.74 Å². The molecule has 0 saturated carbocycles. The number of hydrogen-bond donors (Lipinski definition) is 0. The molecule has 3 aromatic rings. The second-order valence-electron chi connectivity index (χ2n) is 7.88. The van der Waals surface area contributed by atoms with Gasteiger partial charge < -0.3 is 14.2 Å². The average Bonchev–Trinajstić information content (AvgIpc) is 3.27. The largest absolute Gasteiger partial charge is 0.497 e. The molecule has 0 unspecified atom stereocenters. The lowest BCUT2D eigenvalue weighted by Crippen LogP contribution is -2.40. The number of likely N-dealkylation sites (tertiary alicyclic amines) is 1. The number of rotatable bonds is 7. The highest BCUT2D eigenvalue weighted by atomic mass is 32.2. The van der Waals surface area contributed by atoms with Crippen LogP contribution in [0.15, 0.2) is 64.0 Å². The van der Waals surface area contributed by atoms with Crippen molar-refractivity contribution < 1.29 is 18.8 Å². The number of hydrogen-bond acceptors (Lipinski definition) is 6. The quantitative estimate of drug-likeness (QED) is 0.372. The van der Waals surface area contributed by atoms with Gasteiger partial charge in [0, 0.05) is 35.5 Å². The van der Waals surface area contributed by atoms with Crippen LogP contribution in [0.5, 0.6) is 5.75 Å². The van der Waals surface area contributed by atoms with E-state index in [0.717, 1.165) is 22.1 Å². The summed E-state index contributed by atoms with van der Waals surface area (Å²) < 4.78 is 10.4. The van der Waals surface area contributed by atoms with E-state index >= 15 is 0 Å². The number of amides is 1. The molecule has 7 heteroatoms. The van der Waals surface area contributed by atoms with E-state index in [-0.39, 0.29) is 17.6 Å². The van der Waals surface area contributed by atoms with Crippen LogP contribution in [0.2, 0.25) is 0 Å². The number of benzene rings is 2. The van der Waals surface area contributed by atoms with E-state index in [2.05, 4.69) is 5.16 Å². The number of nitrogens with zero attached hydrogens (tertiary/aromatic N) is 2. The zero-order valence-corrected chi connectivity index (χ0v) is 19.1. The number of aromatic nitrogens is 1. The summed E-state index contributed by atoms with van der Waals surface area (Å²) in [6.07, 6.45) is 1.34. The van der Waals surface area contributed by atoms with Gasteiger partial charge in [0.25, 0.3) is 5.91 Å². The van der Waals surface area contributed by atoms with E-state index in [1.165, 1.54) is 0 Å². The minimum Gasteiger partial charge on any atom is -0.497 e. The molecule has 4 rings (SSSR count). The summed E-state index contributed by atoms with van der Waals surface area (Å²) in [5.41, 5.74) is 2.23. The fraction of sp³-hybridized carbons (Fsp3) is 0.320. The van der Waals surface area contributed by atoms with E-state index in [0.29, 0.717) is 42.8 Å². The van der Waals surface area contributed by atoms with Crippen molar-refractivity contribution in [3.05, 3.63) is 77.2 Å². The highest BCUT2D eigenvalue weighted by molar-refractivity contribution is 7.98. The Morgan fingerprint density at radius 1 is 1.12 bits per heavy atom. The van der Waals surface area contributed by atoms with E-state index in [1.54, 1.807) is 31.0 Å². The summed E-state index contributed by atoms with van der Waals surface area (Å²) in [7, 11) is 1.61. The lowest BCUT2D eigenvalue weighted by atomic mass is 9.88. The van der Waals surface area contributed by atoms with Gasteiger partial charge in [-0.1, -0.05) is 17.3 Å². The summed E-state index contributed by atoms with van der Waals surface area (Å²) in [5.74, 6) is 2.22. The Morgan fingerprint density at radius 2 is 1.84 bits per heavy atom. The molecule has 2 heterocycles. The van der Waals surface area contributed by atoms with Crippen LogP contribution in [-0.2, 0) is 5.75 Å². The molecule has 1 aliphatic rings. The van der Waals surface area contributed by atoms with Gasteiger partial charge in [0.15, 0.2) is 5.78 Å². The Hall–Kier alpha value is -3.06. The molecule has 6 nitrogen and oxygen atoms in total. The fourth-order valence-corrected chi connectivity index (χ4v) is 4.83. The molecule has 0 atom stereocenters. The van der Waals surface area contributed by atoms with Gasteiger partial charge >= 0.3 is 0 Å². The van der Waals surface area contributed by atoms with Crippen LogP contribution in [0.3, 0.4) is 0 Å². The molecule has 166 valence electrons. The van der Waals surface area contributed by atoms with Crippen molar-refractivity contribution in [1.29, 1.82) is 0 Å². The number of thioether (sulfide) groups is 1.